The summed E-state index contributed by atoms with van der Waals surface area (Å²) in [6.07, 6.45) is -3.54. The van der Waals surface area contributed by atoms with Gasteiger partial charge in [-0.1, -0.05) is 43.0 Å². The second-order valence-corrected chi connectivity index (χ2v) is 7.11. The number of halogens is 3. The zero-order valence-electron chi connectivity index (χ0n) is 16.2. The van der Waals surface area contributed by atoms with Gasteiger partial charge in [-0.2, -0.15) is 13.2 Å². The Kier molecular flexibility index (Phi) is 5.73. The molecule has 1 heterocycles. The highest BCUT2D eigenvalue weighted by molar-refractivity contribution is 5.66. The lowest BCUT2D eigenvalue weighted by Crippen LogP contribution is -2.34. The van der Waals surface area contributed by atoms with Crippen LogP contribution in [0.2, 0.25) is 0 Å². The van der Waals surface area contributed by atoms with Crippen LogP contribution < -0.4 is 5.32 Å². The lowest BCUT2D eigenvalue weighted by molar-refractivity contribution is -0.137. The first-order chi connectivity index (χ1) is 13.6. The van der Waals surface area contributed by atoms with Crippen LogP contribution in [0.15, 0.2) is 73.0 Å². The number of nitrogens with zero attached hydrogens (tertiary/aromatic N) is 1. The van der Waals surface area contributed by atoms with Crippen molar-refractivity contribution in [1.29, 1.82) is 0 Å². The second-order valence-electron chi connectivity index (χ2n) is 7.11. The van der Waals surface area contributed by atoms with E-state index in [2.05, 4.69) is 23.4 Å². The molecule has 1 aliphatic heterocycles. The molecule has 0 saturated heterocycles. The molecular weight excluding hydrogens is 377 g/mol. The maximum absolute atomic E-state index is 12.8. The van der Waals surface area contributed by atoms with E-state index < -0.39 is 11.7 Å². The summed E-state index contributed by atoms with van der Waals surface area (Å²) in [4.78, 5) is 2.10. The molecule has 0 aliphatic carbocycles. The molecule has 0 fully saturated rings. The standard InChI is InChI=1S/C23H23F3N2O/c1-15-11-12-28(17(3)19-5-4-6-21(29)13-19)14-22(15)27-16(2)18-7-9-20(10-8-18)23(24,25)26/h4-10,13,27,29H,2-3,11-12,14H2,1H3. The molecule has 0 radical (unpaired) electrons. The van der Waals surface area contributed by atoms with Crippen LogP contribution in [0, 0.1) is 0 Å². The van der Waals surface area contributed by atoms with Gasteiger partial charge in [-0.25, -0.2) is 0 Å². The number of benzene rings is 2. The van der Waals surface area contributed by atoms with E-state index in [1.165, 1.54) is 12.1 Å². The first kappa shape index (κ1) is 20.6. The Balaban J connectivity index is 1.71. The Morgan fingerprint density at radius 2 is 1.76 bits per heavy atom. The normalized spacial score (nSPS) is 14.7. The minimum absolute atomic E-state index is 0.182. The van der Waals surface area contributed by atoms with E-state index in [0.717, 1.165) is 47.6 Å². The Morgan fingerprint density at radius 1 is 1.07 bits per heavy atom. The van der Waals surface area contributed by atoms with Crippen molar-refractivity contribution >= 4 is 11.4 Å². The summed E-state index contributed by atoms with van der Waals surface area (Å²) in [6, 6.07) is 11.9. The number of alkyl halides is 3. The summed E-state index contributed by atoms with van der Waals surface area (Å²) in [5.41, 5.74) is 4.20. The van der Waals surface area contributed by atoms with Gasteiger partial charge in [0.15, 0.2) is 0 Å². The fraction of sp³-hybridized carbons (Fsp3) is 0.217. The molecule has 6 heteroatoms. The van der Waals surface area contributed by atoms with Crippen LogP contribution in [0.4, 0.5) is 13.2 Å². The third kappa shape index (κ3) is 4.83. The fourth-order valence-electron chi connectivity index (χ4n) is 3.22. The van der Waals surface area contributed by atoms with Crippen molar-refractivity contribution in [1.82, 2.24) is 10.2 Å². The lowest BCUT2D eigenvalue weighted by atomic mass is 10.0. The van der Waals surface area contributed by atoms with Gasteiger partial charge in [0.2, 0.25) is 0 Å². The quantitative estimate of drug-likeness (QED) is 0.684. The third-order valence-corrected chi connectivity index (χ3v) is 5.04. The average molecular weight is 400 g/mol. The maximum Gasteiger partial charge on any atom is 0.416 e. The Morgan fingerprint density at radius 3 is 2.38 bits per heavy atom. The number of aromatic hydroxyl groups is 1. The molecule has 29 heavy (non-hydrogen) atoms. The highest BCUT2D eigenvalue weighted by Crippen LogP contribution is 2.30. The predicted octanol–water partition coefficient (Wildman–Crippen LogP) is 5.62. The van der Waals surface area contributed by atoms with Crippen LogP contribution in [0.5, 0.6) is 5.75 Å². The van der Waals surface area contributed by atoms with Gasteiger partial charge in [0.25, 0.3) is 0 Å². The van der Waals surface area contributed by atoms with E-state index in [4.69, 9.17) is 0 Å². The SMILES string of the molecule is C=C(NC1=C(C)CCN(C(=C)c2cccc(O)c2)C1)c1ccc(C(F)(F)F)cc1. The molecule has 2 N–H and O–H groups in total. The summed E-state index contributed by atoms with van der Waals surface area (Å²) in [5.74, 6) is 0.182. The molecule has 3 nitrogen and oxygen atoms in total. The molecule has 0 unspecified atom stereocenters. The molecular formula is C23H23F3N2O. The van der Waals surface area contributed by atoms with E-state index in [9.17, 15) is 18.3 Å². The van der Waals surface area contributed by atoms with E-state index in [1.807, 2.05) is 13.0 Å². The van der Waals surface area contributed by atoms with Gasteiger partial charge in [-0.15, -0.1) is 0 Å². The summed E-state index contributed by atoms with van der Waals surface area (Å²) >= 11 is 0. The van der Waals surface area contributed by atoms with Crippen molar-refractivity contribution in [3.63, 3.8) is 0 Å². The zero-order valence-corrected chi connectivity index (χ0v) is 16.2. The number of hydrogen-bond donors (Lipinski definition) is 2. The second kappa shape index (κ2) is 8.07. The highest BCUT2D eigenvalue weighted by Gasteiger charge is 2.30. The minimum atomic E-state index is -4.36. The van der Waals surface area contributed by atoms with E-state index in [1.54, 1.807) is 18.2 Å². The van der Waals surface area contributed by atoms with Crippen molar-refractivity contribution in [2.45, 2.75) is 19.5 Å². The molecule has 2 aromatic carbocycles. The van der Waals surface area contributed by atoms with Gasteiger partial charge in [0.1, 0.15) is 5.75 Å². The smallest absolute Gasteiger partial charge is 0.416 e. The van der Waals surface area contributed by atoms with Crippen LogP contribution in [0.25, 0.3) is 11.4 Å². The number of phenolic OH excluding ortho intramolecular Hbond substituents is 1. The van der Waals surface area contributed by atoms with Gasteiger partial charge in [0, 0.05) is 29.2 Å². The number of hydrogen-bond acceptors (Lipinski definition) is 3. The molecule has 152 valence electrons. The molecule has 3 rings (SSSR count). The number of phenols is 1. The molecule has 2 aromatic rings. The van der Waals surface area contributed by atoms with Crippen molar-refractivity contribution in [3.05, 3.63) is 89.6 Å². The molecule has 0 atom stereocenters. The number of rotatable bonds is 5. The maximum atomic E-state index is 12.8. The van der Waals surface area contributed by atoms with Gasteiger partial charge in [-0.05, 0) is 43.2 Å². The first-order valence-electron chi connectivity index (χ1n) is 9.20. The highest BCUT2D eigenvalue weighted by atomic mass is 19.4. The minimum Gasteiger partial charge on any atom is -0.508 e. The molecule has 0 amide bonds. The zero-order chi connectivity index (χ0) is 21.2. The van der Waals surface area contributed by atoms with E-state index in [0.29, 0.717) is 17.8 Å². The van der Waals surface area contributed by atoms with E-state index in [-0.39, 0.29) is 5.75 Å². The topological polar surface area (TPSA) is 35.5 Å². The predicted molar refractivity (Wildman–Crippen MR) is 110 cm³/mol. The summed E-state index contributed by atoms with van der Waals surface area (Å²) in [6.45, 7) is 11.5. The molecule has 0 spiro atoms. The Bertz CT molecular complexity index is 959. The van der Waals surface area contributed by atoms with Crippen molar-refractivity contribution in [3.8, 4) is 5.75 Å². The average Bonchev–Trinajstić information content (AvgIpc) is 2.68. The molecule has 0 saturated carbocycles. The molecule has 0 bridgehead atoms. The Hall–Kier alpha value is -3.15. The lowest BCUT2D eigenvalue weighted by Gasteiger charge is -2.34. The number of nitrogens with one attached hydrogen (secondary N) is 1. The summed E-state index contributed by atoms with van der Waals surface area (Å²) < 4.78 is 38.3. The molecule has 1 aliphatic rings. The van der Waals surface area contributed by atoms with Gasteiger partial charge in [0.05, 0.1) is 12.1 Å². The van der Waals surface area contributed by atoms with Crippen LogP contribution >= 0.6 is 0 Å². The third-order valence-electron chi connectivity index (χ3n) is 5.04. The van der Waals surface area contributed by atoms with Crippen molar-refractivity contribution < 1.29 is 18.3 Å². The summed E-state index contributed by atoms with van der Waals surface area (Å²) in [5, 5.41) is 13.0. The van der Waals surface area contributed by atoms with Gasteiger partial charge < -0.3 is 15.3 Å². The Labute approximate surface area is 168 Å². The monoisotopic (exact) mass is 400 g/mol. The van der Waals surface area contributed by atoms with Crippen LogP contribution in [0.1, 0.15) is 30.0 Å². The van der Waals surface area contributed by atoms with Crippen molar-refractivity contribution in [2.24, 2.45) is 0 Å². The van der Waals surface area contributed by atoms with Crippen LogP contribution in [0.3, 0.4) is 0 Å². The first-order valence-corrected chi connectivity index (χ1v) is 9.20. The van der Waals surface area contributed by atoms with Crippen LogP contribution in [-0.4, -0.2) is 23.1 Å². The van der Waals surface area contributed by atoms with Crippen LogP contribution in [-0.2, 0) is 6.18 Å². The molecule has 0 aromatic heterocycles. The fourth-order valence-corrected chi connectivity index (χ4v) is 3.22. The van der Waals surface area contributed by atoms with Gasteiger partial charge >= 0.3 is 6.18 Å². The van der Waals surface area contributed by atoms with E-state index >= 15 is 0 Å². The largest absolute Gasteiger partial charge is 0.508 e. The van der Waals surface area contributed by atoms with Crippen molar-refractivity contribution in [2.75, 3.05) is 13.1 Å². The van der Waals surface area contributed by atoms with Gasteiger partial charge in [-0.3, -0.25) is 0 Å². The summed E-state index contributed by atoms with van der Waals surface area (Å²) in [7, 11) is 0.